The van der Waals surface area contributed by atoms with Gasteiger partial charge >= 0.3 is 0 Å². The molecule has 2 aromatic carbocycles. The molecule has 2 aromatic rings. The van der Waals surface area contributed by atoms with Crippen molar-refractivity contribution in [2.45, 2.75) is 50.0 Å². The smallest absolute Gasteiger partial charge is 0.255 e. The van der Waals surface area contributed by atoms with Crippen molar-refractivity contribution in [3.05, 3.63) is 52.5 Å². The van der Waals surface area contributed by atoms with Gasteiger partial charge in [-0.1, -0.05) is 36.9 Å². The Kier molecular flexibility index (Phi) is 7.06. The van der Waals surface area contributed by atoms with Crippen LogP contribution in [-0.4, -0.2) is 38.8 Å². The lowest BCUT2D eigenvalue weighted by Gasteiger charge is -2.30. The van der Waals surface area contributed by atoms with Crippen molar-refractivity contribution in [2.24, 2.45) is 0 Å². The summed E-state index contributed by atoms with van der Waals surface area (Å²) in [4.78, 5) is 12.9. The number of rotatable bonds is 6. The van der Waals surface area contributed by atoms with Crippen molar-refractivity contribution in [2.75, 3.05) is 19.5 Å². The Hall–Kier alpha value is -2.09. The van der Waals surface area contributed by atoms with Crippen LogP contribution in [0, 0.1) is 6.92 Å². The molecule has 0 spiro atoms. The molecule has 0 aliphatic heterocycles. The highest BCUT2D eigenvalue weighted by molar-refractivity contribution is 7.89. The number of anilines is 1. The molecule has 0 unspecified atom stereocenters. The summed E-state index contributed by atoms with van der Waals surface area (Å²) in [5, 5.41) is 3.32. The van der Waals surface area contributed by atoms with E-state index in [1.807, 2.05) is 6.92 Å². The second-order valence-corrected chi connectivity index (χ2v) is 10.0. The molecule has 0 atom stereocenters. The van der Waals surface area contributed by atoms with Gasteiger partial charge in [-0.15, -0.1) is 0 Å². The van der Waals surface area contributed by atoms with Gasteiger partial charge in [0.25, 0.3) is 5.91 Å². The van der Waals surface area contributed by atoms with E-state index >= 15 is 0 Å². The fraction of sp³-hybridized carbons (Fsp3) is 0.409. The highest BCUT2D eigenvalue weighted by Gasteiger charge is 2.29. The van der Waals surface area contributed by atoms with Crippen LogP contribution in [0.2, 0.25) is 5.02 Å². The average molecular weight is 451 g/mol. The molecule has 0 bridgehead atoms. The van der Waals surface area contributed by atoms with Gasteiger partial charge in [0.15, 0.2) is 0 Å². The molecule has 162 valence electrons. The molecule has 1 N–H and O–H groups in total. The quantitative estimate of drug-likeness (QED) is 0.681. The van der Waals surface area contributed by atoms with Crippen molar-refractivity contribution in [3.8, 4) is 5.75 Å². The fourth-order valence-electron chi connectivity index (χ4n) is 3.73. The molecule has 1 saturated carbocycles. The van der Waals surface area contributed by atoms with Gasteiger partial charge in [0.1, 0.15) is 5.75 Å². The fourth-order valence-corrected chi connectivity index (χ4v) is 5.35. The number of amides is 1. The van der Waals surface area contributed by atoms with E-state index < -0.39 is 15.9 Å². The highest BCUT2D eigenvalue weighted by atomic mass is 35.5. The number of halogens is 1. The number of ether oxygens (including phenoxy) is 1. The van der Waals surface area contributed by atoms with Gasteiger partial charge in [-0.3, -0.25) is 4.79 Å². The number of carbonyl (C=O) groups is 1. The molecule has 0 saturated heterocycles. The van der Waals surface area contributed by atoms with Gasteiger partial charge in [0.05, 0.1) is 17.7 Å². The molecule has 1 aliphatic carbocycles. The van der Waals surface area contributed by atoms with Gasteiger partial charge < -0.3 is 10.1 Å². The van der Waals surface area contributed by atoms with E-state index in [0.29, 0.717) is 16.5 Å². The molecule has 0 radical (unpaired) electrons. The third-order valence-corrected chi connectivity index (χ3v) is 7.90. The van der Waals surface area contributed by atoms with Gasteiger partial charge in [0, 0.05) is 29.7 Å². The van der Waals surface area contributed by atoms with Crippen molar-refractivity contribution < 1.29 is 17.9 Å². The van der Waals surface area contributed by atoms with Crippen LogP contribution < -0.4 is 10.1 Å². The van der Waals surface area contributed by atoms with E-state index in [-0.39, 0.29) is 16.5 Å². The molecule has 0 heterocycles. The number of sulfonamides is 1. The Morgan fingerprint density at radius 2 is 1.87 bits per heavy atom. The summed E-state index contributed by atoms with van der Waals surface area (Å²) in [6, 6.07) is 9.47. The molecule has 30 heavy (non-hydrogen) atoms. The lowest BCUT2D eigenvalue weighted by atomic mass is 9.96. The monoisotopic (exact) mass is 450 g/mol. The first-order valence-electron chi connectivity index (χ1n) is 9.97. The number of benzene rings is 2. The van der Waals surface area contributed by atoms with E-state index in [1.54, 1.807) is 31.3 Å². The van der Waals surface area contributed by atoms with Crippen molar-refractivity contribution >= 4 is 33.2 Å². The predicted octanol–water partition coefficient (Wildman–Crippen LogP) is 4.86. The normalized spacial score (nSPS) is 15.2. The first-order valence-corrected chi connectivity index (χ1v) is 11.8. The summed E-state index contributed by atoms with van der Waals surface area (Å²) in [6.07, 6.45) is 4.95. The second kappa shape index (κ2) is 9.37. The Morgan fingerprint density at radius 3 is 2.53 bits per heavy atom. The van der Waals surface area contributed by atoms with Crippen molar-refractivity contribution in [1.82, 2.24) is 4.31 Å². The number of methoxy groups -OCH3 is 1. The van der Waals surface area contributed by atoms with Crippen molar-refractivity contribution in [1.29, 1.82) is 0 Å². The van der Waals surface area contributed by atoms with E-state index in [2.05, 4.69) is 5.32 Å². The van der Waals surface area contributed by atoms with Gasteiger partial charge in [-0.05, 0) is 49.6 Å². The van der Waals surface area contributed by atoms with Crippen LogP contribution >= 0.6 is 11.6 Å². The zero-order chi connectivity index (χ0) is 21.9. The summed E-state index contributed by atoms with van der Waals surface area (Å²) < 4.78 is 33.0. The molecule has 3 rings (SSSR count). The zero-order valence-corrected chi connectivity index (χ0v) is 19.0. The molecule has 8 heteroatoms. The van der Waals surface area contributed by atoms with E-state index in [9.17, 15) is 13.2 Å². The molecule has 1 aliphatic rings. The second-order valence-electron chi connectivity index (χ2n) is 7.60. The average Bonchev–Trinajstić information content (AvgIpc) is 2.76. The van der Waals surface area contributed by atoms with Crippen LogP contribution in [0.4, 0.5) is 5.69 Å². The molecular formula is C22H27ClN2O4S. The van der Waals surface area contributed by atoms with Crippen LogP contribution in [0.5, 0.6) is 5.75 Å². The molecule has 1 fully saturated rings. The third-order valence-electron chi connectivity index (χ3n) is 5.59. The lowest BCUT2D eigenvalue weighted by molar-refractivity contribution is 0.102. The maximum Gasteiger partial charge on any atom is 0.255 e. The SMILES string of the molecule is COc1cc(Cl)c(C)cc1NC(=O)c1cccc(S(=O)(=O)N(C)C2CCCCC2)c1. The minimum Gasteiger partial charge on any atom is -0.495 e. The Morgan fingerprint density at radius 1 is 1.17 bits per heavy atom. The predicted molar refractivity (Wildman–Crippen MR) is 119 cm³/mol. The van der Waals surface area contributed by atoms with Gasteiger partial charge in [0.2, 0.25) is 10.0 Å². The maximum atomic E-state index is 13.1. The summed E-state index contributed by atoms with van der Waals surface area (Å²) in [5.41, 5.74) is 1.51. The number of carbonyl (C=O) groups excluding carboxylic acids is 1. The molecular weight excluding hydrogens is 424 g/mol. The van der Waals surface area contributed by atoms with E-state index in [0.717, 1.165) is 37.7 Å². The third kappa shape index (κ3) is 4.79. The summed E-state index contributed by atoms with van der Waals surface area (Å²) in [7, 11) is -0.566. The summed E-state index contributed by atoms with van der Waals surface area (Å²) in [5.74, 6) is 0.00662. The van der Waals surface area contributed by atoms with E-state index in [1.165, 1.54) is 23.5 Å². The number of aryl methyl sites for hydroxylation is 1. The first-order chi connectivity index (χ1) is 14.2. The minimum absolute atomic E-state index is 0.00235. The van der Waals surface area contributed by atoms with Crippen molar-refractivity contribution in [3.63, 3.8) is 0 Å². The summed E-state index contributed by atoms with van der Waals surface area (Å²) >= 11 is 6.12. The Labute approximate surface area is 183 Å². The number of hydrogen-bond acceptors (Lipinski definition) is 4. The van der Waals surface area contributed by atoms with Crippen LogP contribution in [0.1, 0.15) is 48.0 Å². The topological polar surface area (TPSA) is 75.7 Å². The van der Waals surface area contributed by atoms with Gasteiger partial charge in [-0.25, -0.2) is 8.42 Å². The summed E-state index contributed by atoms with van der Waals surface area (Å²) in [6.45, 7) is 1.83. The standard InChI is InChI=1S/C22H27ClN2O4S/c1-15-12-20(21(29-3)14-19(15)23)24-22(26)16-8-7-11-18(13-16)30(27,28)25(2)17-9-5-4-6-10-17/h7-8,11-14,17H,4-6,9-10H2,1-3H3,(H,24,26). The molecule has 1 amide bonds. The number of nitrogens with zero attached hydrogens (tertiary/aromatic N) is 1. The maximum absolute atomic E-state index is 13.1. The largest absolute Gasteiger partial charge is 0.495 e. The zero-order valence-electron chi connectivity index (χ0n) is 17.4. The van der Waals surface area contributed by atoms with Crippen LogP contribution in [0.3, 0.4) is 0 Å². The van der Waals surface area contributed by atoms with Gasteiger partial charge in [-0.2, -0.15) is 4.31 Å². The minimum atomic E-state index is -3.68. The first kappa shape index (κ1) is 22.6. The Bertz CT molecular complexity index is 1030. The van der Waals surface area contributed by atoms with Crippen LogP contribution in [0.15, 0.2) is 41.3 Å². The highest BCUT2D eigenvalue weighted by Crippen LogP contribution is 2.31. The Balaban J connectivity index is 1.84. The van der Waals surface area contributed by atoms with Crippen LogP contribution in [0.25, 0.3) is 0 Å². The number of nitrogens with one attached hydrogen (secondary N) is 1. The van der Waals surface area contributed by atoms with Crippen LogP contribution in [-0.2, 0) is 10.0 Å². The molecule has 6 nitrogen and oxygen atoms in total. The molecule has 0 aromatic heterocycles. The lowest BCUT2D eigenvalue weighted by Crippen LogP contribution is -2.38. The number of hydrogen-bond donors (Lipinski definition) is 1. The van der Waals surface area contributed by atoms with E-state index in [4.69, 9.17) is 16.3 Å².